The minimum absolute atomic E-state index is 0.0282. The lowest BCUT2D eigenvalue weighted by atomic mass is 9.94. The van der Waals surface area contributed by atoms with E-state index in [4.69, 9.17) is 14.2 Å². The van der Waals surface area contributed by atoms with Crippen molar-refractivity contribution in [1.29, 1.82) is 0 Å². The molecule has 2 atom stereocenters. The van der Waals surface area contributed by atoms with Crippen LogP contribution < -0.4 is 14.2 Å². The van der Waals surface area contributed by atoms with Crippen LogP contribution in [0, 0.1) is 0 Å². The molecule has 3 aromatic rings. The maximum Gasteiger partial charge on any atom is 0.295 e. The van der Waals surface area contributed by atoms with Gasteiger partial charge in [0.05, 0.1) is 24.8 Å². The molecule has 0 unspecified atom stereocenters. The van der Waals surface area contributed by atoms with Gasteiger partial charge in [-0.05, 0) is 73.4 Å². The number of aliphatic hydroxyl groups excluding tert-OH is 1. The van der Waals surface area contributed by atoms with Crippen molar-refractivity contribution >= 4 is 17.4 Å². The first-order valence-corrected chi connectivity index (χ1v) is 13.3. The molecule has 202 valence electrons. The number of likely N-dealkylation sites (tertiary alicyclic amines) is 1. The predicted octanol–water partition coefficient (Wildman–Crippen LogP) is 5.21. The molecule has 3 heterocycles. The number of pyridine rings is 1. The molecule has 8 nitrogen and oxygen atoms in total. The fourth-order valence-corrected chi connectivity index (χ4v) is 5.10. The van der Waals surface area contributed by atoms with Crippen LogP contribution in [-0.2, 0) is 22.6 Å². The zero-order valence-electron chi connectivity index (χ0n) is 22.3. The van der Waals surface area contributed by atoms with Crippen molar-refractivity contribution in [3.8, 4) is 17.2 Å². The molecule has 1 aromatic heterocycles. The Morgan fingerprint density at radius 2 is 1.95 bits per heavy atom. The topological polar surface area (TPSA) is 98.2 Å². The molecule has 2 aromatic carbocycles. The number of ketones is 1. The highest BCUT2D eigenvalue weighted by molar-refractivity contribution is 6.46. The van der Waals surface area contributed by atoms with Gasteiger partial charge in [0.15, 0.2) is 11.5 Å². The van der Waals surface area contributed by atoms with Gasteiger partial charge >= 0.3 is 0 Å². The third-order valence-corrected chi connectivity index (χ3v) is 6.83. The van der Waals surface area contributed by atoms with Crippen LogP contribution in [0.5, 0.6) is 17.2 Å². The number of carbonyl (C=O) groups excluding carboxylic acids is 2. The molecule has 2 aliphatic heterocycles. The summed E-state index contributed by atoms with van der Waals surface area (Å²) in [6.07, 6.45) is 4.88. The lowest BCUT2D eigenvalue weighted by molar-refractivity contribution is -0.140. The molecule has 1 amide bonds. The maximum absolute atomic E-state index is 13.5. The van der Waals surface area contributed by atoms with Crippen molar-refractivity contribution in [3.05, 3.63) is 88.8 Å². The number of Topliss-reactive ketones (excluding diaryl/α,β-unsaturated/α-hetero) is 1. The molecule has 0 spiro atoms. The van der Waals surface area contributed by atoms with Gasteiger partial charge in [-0.3, -0.25) is 14.6 Å². The van der Waals surface area contributed by atoms with Crippen LogP contribution in [0.3, 0.4) is 0 Å². The second-order valence-corrected chi connectivity index (χ2v) is 9.73. The van der Waals surface area contributed by atoms with E-state index in [0.717, 1.165) is 23.3 Å². The second-order valence-electron chi connectivity index (χ2n) is 9.73. The fraction of sp³-hybridized carbons (Fsp3) is 0.323. The Labute approximate surface area is 227 Å². The number of amides is 1. The van der Waals surface area contributed by atoms with E-state index in [1.165, 1.54) is 4.90 Å². The summed E-state index contributed by atoms with van der Waals surface area (Å²) in [5.74, 6) is 0.206. The van der Waals surface area contributed by atoms with Crippen LogP contribution in [0.2, 0.25) is 0 Å². The Kier molecular flexibility index (Phi) is 7.54. The Bertz CT molecular complexity index is 1420. The van der Waals surface area contributed by atoms with Crippen molar-refractivity contribution in [3.63, 3.8) is 0 Å². The van der Waals surface area contributed by atoms with E-state index in [0.29, 0.717) is 42.3 Å². The Hall–Kier alpha value is -4.33. The van der Waals surface area contributed by atoms with Crippen molar-refractivity contribution in [2.75, 3.05) is 13.2 Å². The lowest BCUT2D eigenvalue weighted by Gasteiger charge is -2.26. The molecule has 0 bridgehead atoms. The molecule has 5 rings (SSSR count). The zero-order valence-corrected chi connectivity index (χ0v) is 22.3. The minimum Gasteiger partial charge on any atom is -0.507 e. The van der Waals surface area contributed by atoms with Gasteiger partial charge in [-0.25, -0.2) is 0 Å². The molecule has 0 saturated carbocycles. The highest BCUT2D eigenvalue weighted by atomic mass is 16.5. The number of ether oxygens (including phenoxy) is 3. The van der Waals surface area contributed by atoms with Gasteiger partial charge in [-0.1, -0.05) is 19.1 Å². The predicted molar refractivity (Wildman–Crippen MR) is 146 cm³/mol. The molecule has 39 heavy (non-hydrogen) atoms. The lowest BCUT2D eigenvalue weighted by Crippen LogP contribution is -2.29. The Balaban J connectivity index is 1.63. The van der Waals surface area contributed by atoms with Crippen molar-refractivity contribution in [2.45, 2.75) is 52.3 Å². The SMILES string of the molecule is CCCOc1ccc([C@@H]2C(=C(O)c3ccc4c(c3)C[C@@H](C)O4)C(=O)C(=O)N2Cc2cccnc2)cc1OCC. The van der Waals surface area contributed by atoms with Gasteiger partial charge in [0.25, 0.3) is 11.7 Å². The fourth-order valence-electron chi connectivity index (χ4n) is 5.10. The first-order valence-electron chi connectivity index (χ1n) is 13.3. The summed E-state index contributed by atoms with van der Waals surface area (Å²) in [5.41, 5.74) is 2.83. The normalized spacial score (nSPS) is 19.6. The largest absolute Gasteiger partial charge is 0.507 e. The molecule has 0 radical (unpaired) electrons. The third-order valence-electron chi connectivity index (χ3n) is 6.83. The monoisotopic (exact) mass is 528 g/mol. The zero-order chi connectivity index (χ0) is 27.5. The van der Waals surface area contributed by atoms with E-state index in [1.54, 1.807) is 42.7 Å². The van der Waals surface area contributed by atoms with Crippen molar-refractivity contribution in [2.24, 2.45) is 0 Å². The number of benzene rings is 2. The maximum atomic E-state index is 13.5. The number of aliphatic hydroxyl groups is 1. The standard InChI is InChI=1S/C31H32N2O6/c1-4-13-38-25-11-8-21(16-26(25)37-5-2)28-27(29(34)22-9-10-24-23(15-22)14-19(3)39-24)30(35)31(36)33(28)18-20-7-6-12-32-17-20/h6-12,15-17,19,28,34H,4-5,13-14,18H2,1-3H3/t19-,28-/m1/s1. The molecule has 1 N–H and O–H groups in total. The quantitative estimate of drug-likeness (QED) is 0.231. The average Bonchev–Trinajstić information content (AvgIpc) is 3.43. The second kappa shape index (κ2) is 11.2. The van der Waals surface area contributed by atoms with Gasteiger partial charge in [0.2, 0.25) is 0 Å². The van der Waals surface area contributed by atoms with Crippen LogP contribution in [0.4, 0.5) is 0 Å². The highest BCUT2D eigenvalue weighted by Gasteiger charge is 2.46. The van der Waals surface area contributed by atoms with E-state index in [9.17, 15) is 14.7 Å². The minimum atomic E-state index is -0.840. The average molecular weight is 529 g/mol. The summed E-state index contributed by atoms with van der Waals surface area (Å²) in [6, 6.07) is 13.5. The van der Waals surface area contributed by atoms with E-state index in [1.807, 2.05) is 39.0 Å². The first kappa shape index (κ1) is 26.3. The summed E-state index contributed by atoms with van der Waals surface area (Å²) < 4.78 is 17.5. The van der Waals surface area contributed by atoms with E-state index in [-0.39, 0.29) is 24.0 Å². The van der Waals surface area contributed by atoms with Crippen LogP contribution in [0.25, 0.3) is 5.76 Å². The summed E-state index contributed by atoms with van der Waals surface area (Å²) in [4.78, 5) is 32.6. The van der Waals surface area contributed by atoms with Crippen LogP contribution >= 0.6 is 0 Å². The molecule has 2 aliphatic rings. The van der Waals surface area contributed by atoms with Crippen molar-refractivity contribution in [1.82, 2.24) is 9.88 Å². The van der Waals surface area contributed by atoms with Gasteiger partial charge in [-0.2, -0.15) is 0 Å². The van der Waals surface area contributed by atoms with E-state index >= 15 is 0 Å². The van der Waals surface area contributed by atoms with Gasteiger partial charge in [0, 0.05) is 30.9 Å². The van der Waals surface area contributed by atoms with Crippen LogP contribution in [0.15, 0.2) is 66.5 Å². The van der Waals surface area contributed by atoms with Gasteiger partial charge in [-0.15, -0.1) is 0 Å². The Morgan fingerprint density at radius 3 is 2.69 bits per heavy atom. The smallest absolute Gasteiger partial charge is 0.295 e. The number of nitrogens with zero attached hydrogens (tertiary/aromatic N) is 2. The van der Waals surface area contributed by atoms with E-state index in [2.05, 4.69) is 4.98 Å². The number of hydrogen-bond acceptors (Lipinski definition) is 7. The van der Waals surface area contributed by atoms with Crippen LogP contribution in [-0.4, -0.2) is 46.0 Å². The molecule has 1 fully saturated rings. The summed E-state index contributed by atoms with van der Waals surface area (Å²) in [5, 5.41) is 11.5. The van der Waals surface area contributed by atoms with Crippen molar-refractivity contribution < 1.29 is 28.9 Å². The Morgan fingerprint density at radius 1 is 1.10 bits per heavy atom. The summed E-state index contributed by atoms with van der Waals surface area (Å²) in [6.45, 7) is 6.97. The molecule has 0 aliphatic carbocycles. The number of rotatable bonds is 9. The summed E-state index contributed by atoms with van der Waals surface area (Å²) in [7, 11) is 0. The molecular weight excluding hydrogens is 496 g/mol. The number of carbonyl (C=O) groups is 2. The van der Waals surface area contributed by atoms with Gasteiger partial charge in [0.1, 0.15) is 17.6 Å². The highest BCUT2D eigenvalue weighted by Crippen LogP contribution is 2.43. The number of hydrogen-bond donors (Lipinski definition) is 1. The number of aromatic nitrogens is 1. The number of fused-ring (bicyclic) bond motifs is 1. The third kappa shape index (κ3) is 5.19. The molecule has 8 heteroatoms. The molecule has 1 saturated heterocycles. The van der Waals surface area contributed by atoms with Gasteiger partial charge < -0.3 is 24.2 Å². The molecular formula is C31H32N2O6. The first-order chi connectivity index (χ1) is 18.9. The van der Waals surface area contributed by atoms with E-state index < -0.39 is 17.7 Å². The summed E-state index contributed by atoms with van der Waals surface area (Å²) >= 11 is 0. The van der Waals surface area contributed by atoms with Crippen LogP contribution in [0.1, 0.15) is 55.5 Å².